The van der Waals surface area contributed by atoms with E-state index in [0.717, 1.165) is 0 Å². The van der Waals surface area contributed by atoms with Crippen molar-refractivity contribution in [3.8, 4) is 17.2 Å². The molecule has 0 spiro atoms. The van der Waals surface area contributed by atoms with Crippen molar-refractivity contribution in [2.24, 2.45) is 5.10 Å². The van der Waals surface area contributed by atoms with Crippen molar-refractivity contribution >= 4 is 29.7 Å². The molecule has 32 heavy (non-hydrogen) atoms. The molecule has 0 aliphatic rings. The number of rotatable bonds is 7. The molecule has 0 saturated heterocycles. The van der Waals surface area contributed by atoms with Crippen molar-refractivity contribution in [1.82, 2.24) is 5.43 Å². The quantitative estimate of drug-likeness (QED) is 0.191. The molecule has 2 amide bonds. The second-order valence-electron chi connectivity index (χ2n) is 6.12. The molecular formula is C22H19N3O7. The minimum absolute atomic E-state index is 0.0377. The lowest BCUT2D eigenvalue weighted by Crippen LogP contribution is -2.32. The predicted molar refractivity (Wildman–Crippen MR) is 114 cm³/mol. The first-order chi connectivity index (χ1) is 15.5. The maximum atomic E-state index is 12.2. The van der Waals surface area contributed by atoms with Crippen LogP contribution in [0.4, 0.5) is 5.69 Å². The Labute approximate surface area is 182 Å². The fourth-order valence-corrected chi connectivity index (χ4v) is 2.52. The Morgan fingerprint density at radius 2 is 1.75 bits per heavy atom. The Bertz CT molecular complexity index is 1140. The molecule has 0 aliphatic heterocycles. The average Bonchev–Trinajstić information content (AvgIpc) is 3.35. The largest absolute Gasteiger partial charge is 0.497 e. The van der Waals surface area contributed by atoms with E-state index < -0.39 is 17.8 Å². The number of amides is 2. The van der Waals surface area contributed by atoms with Crippen molar-refractivity contribution in [2.45, 2.75) is 0 Å². The number of hydrogen-bond acceptors (Lipinski definition) is 8. The van der Waals surface area contributed by atoms with E-state index in [1.165, 1.54) is 38.8 Å². The molecule has 1 aromatic heterocycles. The van der Waals surface area contributed by atoms with E-state index in [9.17, 15) is 14.4 Å². The number of furan rings is 1. The van der Waals surface area contributed by atoms with Gasteiger partial charge >= 0.3 is 17.8 Å². The zero-order valence-electron chi connectivity index (χ0n) is 17.2. The first-order valence-corrected chi connectivity index (χ1v) is 9.23. The SMILES string of the molecule is COc1ccc(NC(=O)C(=O)NN=Cc2ccccc2OC(=O)c2ccco2)c(OC)c1. The van der Waals surface area contributed by atoms with Crippen molar-refractivity contribution < 1.29 is 33.0 Å². The number of hydrazone groups is 1. The first kappa shape index (κ1) is 22.1. The normalized spacial score (nSPS) is 10.4. The minimum atomic E-state index is -1.01. The maximum Gasteiger partial charge on any atom is 0.379 e. The van der Waals surface area contributed by atoms with Crippen molar-refractivity contribution in [3.05, 3.63) is 72.2 Å². The zero-order valence-corrected chi connectivity index (χ0v) is 17.2. The monoisotopic (exact) mass is 437 g/mol. The summed E-state index contributed by atoms with van der Waals surface area (Å²) >= 11 is 0. The lowest BCUT2D eigenvalue weighted by atomic mass is 10.2. The van der Waals surface area contributed by atoms with Crippen molar-refractivity contribution in [3.63, 3.8) is 0 Å². The molecule has 10 nitrogen and oxygen atoms in total. The standard InChI is InChI=1S/C22H19N3O7/c1-29-15-9-10-16(19(12-15)30-2)24-20(26)21(27)25-23-13-14-6-3-4-7-17(14)32-22(28)18-8-5-11-31-18/h3-13H,1-2H3,(H,24,26)(H,25,27). The highest BCUT2D eigenvalue weighted by Gasteiger charge is 2.16. The second-order valence-corrected chi connectivity index (χ2v) is 6.12. The van der Waals surface area contributed by atoms with Gasteiger partial charge in [0, 0.05) is 11.6 Å². The van der Waals surface area contributed by atoms with Gasteiger partial charge in [-0.05, 0) is 36.4 Å². The summed E-state index contributed by atoms with van der Waals surface area (Å²) in [4.78, 5) is 36.3. The fraction of sp³-hybridized carbons (Fsp3) is 0.0909. The molecule has 0 aliphatic carbocycles. The molecule has 3 aromatic rings. The molecule has 0 unspecified atom stereocenters. The van der Waals surface area contributed by atoms with Gasteiger partial charge in [-0.15, -0.1) is 0 Å². The molecule has 0 saturated carbocycles. The van der Waals surface area contributed by atoms with Crippen molar-refractivity contribution in [1.29, 1.82) is 0 Å². The molecule has 0 atom stereocenters. The first-order valence-electron chi connectivity index (χ1n) is 9.23. The number of benzene rings is 2. The summed E-state index contributed by atoms with van der Waals surface area (Å²) in [5.41, 5.74) is 2.79. The zero-order chi connectivity index (χ0) is 22.9. The number of carbonyl (C=O) groups excluding carboxylic acids is 3. The number of para-hydroxylation sites is 1. The van der Waals surface area contributed by atoms with Gasteiger partial charge in [-0.2, -0.15) is 5.10 Å². The van der Waals surface area contributed by atoms with Crippen LogP contribution in [0.1, 0.15) is 16.1 Å². The third-order valence-electron chi connectivity index (χ3n) is 4.08. The molecule has 10 heteroatoms. The van der Waals surface area contributed by atoms with Crippen LogP contribution in [0.5, 0.6) is 17.2 Å². The summed E-state index contributed by atoms with van der Waals surface area (Å²) in [7, 11) is 2.92. The molecule has 3 rings (SSSR count). The van der Waals surface area contributed by atoms with Crippen LogP contribution in [0, 0.1) is 0 Å². The van der Waals surface area contributed by atoms with E-state index in [4.69, 9.17) is 18.6 Å². The van der Waals surface area contributed by atoms with Crippen LogP contribution < -0.4 is 25.0 Å². The predicted octanol–water partition coefficient (Wildman–Crippen LogP) is 2.60. The van der Waals surface area contributed by atoms with Crippen molar-refractivity contribution in [2.75, 3.05) is 19.5 Å². The highest BCUT2D eigenvalue weighted by atomic mass is 16.5. The molecule has 1 heterocycles. The summed E-state index contributed by atoms with van der Waals surface area (Å²) in [5.74, 6) is -1.57. The minimum Gasteiger partial charge on any atom is -0.497 e. The third kappa shape index (κ3) is 5.51. The Kier molecular flexibility index (Phi) is 7.20. The molecule has 164 valence electrons. The van der Waals surface area contributed by atoms with Gasteiger partial charge in [-0.3, -0.25) is 9.59 Å². The lowest BCUT2D eigenvalue weighted by Gasteiger charge is -2.11. The van der Waals surface area contributed by atoms with Gasteiger partial charge in [0.2, 0.25) is 5.76 Å². The summed E-state index contributed by atoms with van der Waals surface area (Å²) in [6.45, 7) is 0. The van der Waals surface area contributed by atoms with Crippen LogP contribution in [0.25, 0.3) is 0 Å². The van der Waals surface area contributed by atoms with Gasteiger partial charge < -0.3 is 23.9 Å². The molecule has 0 bridgehead atoms. The number of esters is 1. The number of ether oxygens (including phenoxy) is 3. The van der Waals surface area contributed by atoms with Gasteiger partial charge in [0.25, 0.3) is 0 Å². The number of anilines is 1. The summed E-state index contributed by atoms with van der Waals surface area (Å²) in [5, 5.41) is 6.18. The van der Waals surface area contributed by atoms with E-state index in [1.54, 1.807) is 42.5 Å². The lowest BCUT2D eigenvalue weighted by molar-refractivity contribution is -0.136. The number of hydrogen-bond donors (Lipinski definition) is 2. The number of methoxy groups -OCH3 is 2. The number of carbonyl (C=O) groups is 3. The van der Waals surface area contributed by atoms with Crippen LogP contribution in [0.15, 0.2) is 70.4 Å². The second kappa shape index (κ2) is 10.4. The Hall–Kier alpha value is -4.60. The fourth-order valence-electron chi connectivity index (χ4n) is 2.52. The van der Waals surface area contributed by atoms with Gasteiger partial charge in [-0.25, -0.2) is 10.2 Å². The van der Waals surface area contributed by atoms with E-state index in [-0.39, 0.29) is 17.2 Å². The van der Waals surface area contributed by atoms with E-state index in [0.29, 0.717) is 17.1 Å². The Morgan fingerprint density at radius 3 is 2.47 bits per heavy atom. The van der Waals surface area contributed by atoms with Crippen LogP contribution in [-0.4, -0.2) is 38.2 Å². The molecule has 2 N–H and O–H groups in total. The van der Waals surface area contributed by atoms with Gasteiger partial charge in [0.15, 0.2) is 0 Å². The molecule has 0 fully saturated rings. The van der Waals surface area contributed by atoms with Gasteiger partial charge in [0.1, 0.15) is 17.2 Å². The van der Waals surface area contributed by atoms with Crippen LogP contribution >= 0.6 is 0 Å². The molecular weight excluding hydrogens is 418 g/mol. The summed E-state index contributed by atoms with van der Waals surface area (Å²) < 4.78 is 20.5. The Balaban J connectivity index is 1.62. The van der Waals surface area contributed by atoms with E-state index >= 15 is 0 Å². The topological polar surface area (TPSA) is 128 Å². The molecule has 2 aromatic carbocycles. The highest BCUT2D eigenvalue weighted by Crippen LogP contribution is 2.28. The third-order valence-corrected chi connectivity index (χ3v) is 4.08. The van der Waals surface area contributed by atoms with E-state index in [2.05, 4.69) is 15.8 Å². The Morgan fingerprint density at radius 1 is 0.938 bits per heavy atom. The van der Waals surface area contributed by atoms with Crippen LogP contribution in [0.3, 0.4) is 0 Å². The van der Waals surface area contributed by atoms with Gasteiger partial charge in [0.05, 0.1) is 32.4 Å². The highest BCUT2D eigenvalue weighted by molar-refractivity contribution is 6.39. The summed E-state index contributed by atoms with van der Waals surface area (Å²) in [6, 6.07) is 14.3. The smallest absolute Gasteiger partial charge is 0.379 e. The number of nitrogens with one attached hydrogen (secondary N) is 2. The van der Waals surface area contributed by atoms with Gasteiger partial charge in [-0.1, -0.05) is 12.1 Å². The van der Waals surface area contributed by atoms with E-state index in [1.807, 2.05) is 0 Å². The number of nitrogens with zero attached hydrogens (tertiary/aromatic N) is 1. The maximum absolute atomic E-state index is 12.2. The van der Waals surface area contributed by atoms with Crippen LogP contribution in [0.2, 0.25) is 0 Å². The summed E-state index contributed by atoms with van der Waals surface area (Å²) in [6.07, 6.45) is 2.59. The van der Waals surface area contributed by atoms with Crippen LogP contribution in [-0.2, 0) is 9.59 Å². The molecule has 0 radical (unpaired) electrons. The average molecular weight is 437 g/mol.